The van der Waals surface area contributed by atoms with Gasteiger partial charge in [0.2, 0.25) is 11.7 Å². The second kappa shape index (κ2) is 5.64. The van der Waals surface area contributed by atoms with Crippen LogP contribution in [0.1, 0.15) is 17.9 Å². The largest absolute Gasteiger partial charge is 0.496 e. The minimum absolute atomic E-state index is 0.604. The predicted octanol–water partition coefficient (Wildman–Crippen LogP) is 1.94. The quantitative estimate of drug-likeness (QED) is 0.874. The molecule has 0 amide bonds. The van der Waals surface area contributed by atoms with E-state index in [0.29, 0.717) is 18.3 Å². The van der Waals surface area contributed by atoms with E-state index in [4.69, 9.17) is 15.0 Å². The van der Waals surface area contributed by atoms with Gasteiger partial charge in [-0.05, 0) is 43.7 Å². The highest BCUT2D eigenvalue weighted by atomic mass is 16.5. The molecule has 5 nitrogen and oxygen atoms in total. The van der Waals surface area contributed by atoms with E-state index in [1.807, 2.05) is 25.1 Å². The fraction of sp³-hybridized carbons (Fsp3) is 0.385. The Labute approximate surface area is 106 Å². The monoisotopic (exact) mass is 247 g/mol. The molecule has 0 radical (unpaired) electrons. The molecule has 2 rings (SSSR count). The summed E-state index contributed by atoms with van der Waals surface area (Å²) in [5.74, 6) is 2.09. The molecule has 0 bridgehead atoms. The summed E-state index contributed by atoms with van der Waals surface area (Å²) in [7, 11) is 1.65. The number of aryl methyl sites for hydroxylation is 2. The third-order valence-corrected chi connectivity index (χ3v) is 2.72. The molecule has 1 aromatic carbocycles. The summed E-state index contributed by atoms with van der Waals surface area (Å²) in [5.41, 5.74) is 7.41. The van der Waals surface area contributed by atoms with Crippen LogP contribution in [0.5, 0.6) is 5.75 Å². The van der Waals surface area contributed by atoms with Crippen molar-refractivity contribution >= 4 is 0 Å². The zero-order valence-electron chi connectivity index (χ0n) is 10.6. The molecular formula is C13H17N3O2. The van der Waals surface area contributed by atoms with E-state index in [1.165, 1.54) is 0 Å². The van der Waals surface area contributed by atoms with E-state index in [1.54, 1.807) is 7.11 Å². The maximum Gasteiger partial charge on any atom is 0.227 e. The molecule has 0 spiro atoms. The molecule has 0 fully saturated rings. The van der Waals surface area contributed by atoms with Gasteiger partial charge in [0, 0.05) is 12.0 Å². The number of hydrogen-bond donors (Lipinski definition) is 1. The van der Waals surface area contributed by atoms with Crippen LogP contribution in [0.3, 0.4) is 0 Å². The Bertz CT molecular complexity index is 523. The van der Waals surface area contributed by atoms with Crippen molar-refractivity contribution < 1.29 is 9.26 Å². The van der Waals surface area contributed by atoms with Crippen LogP contribution in [-0.2, 0) is 6.42 Å². The van der Waals surface area contributed by atoms with Crippen LogP contribution in [0.2, 0.25) is 0 Å². The number of nitrogens with zero attached hydrogens (tertiary/aromatic N) is 2. The van der Waals surface area contributed by atoms with E-state index >= 15 is 0 Å². The van der Waals surface area contributed by atoms with Crippen LogP contribution < -0.4 is 10.5 Å². The average Bonchev–Trinajstić information content (AvgIpc) is 2.85. The van der Waals surface area contributed by atoms with Gasteiger partial charge in [-0.2, -0.15) is 4.98 Å². The van der Waals surface area contributed by atoms with Gasteiger partial charge in [-0.1, -0.05) is 5.16 Å². The van der Waals surface area contributed by atoms with Crippen molar-refractivity contribution in [3.8, 4) is 17.1 Å². The van der Waals surface area contributed by atoms with Gasteiger partial charge >= 0.3 is 0 Å². The maximum atomic E-state index is 5.44. The van der Waals surface area contributed by atoms with Gasteiger partial charge in [0.15, 0.2) is 0 Å². The van der Waals surface area contributed by atoms with Gasteiger partial charge in [0.25, 0.3) is 0 Å². The predicted molar refractivity (Wildman–Crippen MR) is 68.4 cm³/mol. The lowest BCUT2D eigenvalue weighted by Gasteiger charge is -2.04. The molecule has 0 aliphatic rings. The van der Waals surface area contributed by atoms with Crippen molar-refractivity contribution in [2.45, 2.75) is 19.8 Å². The summed E-state index contributed by atoms with van der Waals surface area (Å²) in [6.07, 6.45) is 1.57. The van der Waals surface area contributed by atoms with Crippen molar-refractivity contribution in [3.05, 3.63) is 29.7 Å². The highest BCUT2D eigenvalue weighted by Crippen LogP contribution is 2.24. The van der Waals surface area contributed by atoms with Crippen LogP contribution in [0.4, 0.5) is 0 Å². The zero-order chi connectivity index (χ0) is 13.0. The van der Waals surface area contributed by atoms with Crippen molar-refractivity contribution in [2.75, 3.05) is 13.7 Å². The van der Waals surface area contributed by atoms with Crippen molar-refractivity contribution in [1.29, 1.82) is 0 Å². The van der Waals surface area contributed by atoms with Gasteiger partial charge in [-0.3, -0.25) is 0 Å². The first-order chi connectivity index (χ1) is 8.74. The third kappa shape index (κ3) is 2.68. The van der Waals surface area contributed by atoms with E-state index in [-0.39, 0.29) is 0 Å². The Morgan fingerprint density at radius 2 is 2.22 bits per heavy atom. The summed E-state index contributed by atoms with van der Waals surface area (Å²) in [5, 5.41) is 3.97. The number of benzene rings is 1. The van der Waals surface area contributed by atoms with E-state index < -0.39 is 0 Å². The van der Waals surface area contributed by atoms with Crippen LogP contribution in [0.15, 0.2) is 22.7 Å². The highest BCUT2D eigenvalue weighted by Gasteiger charge is 2.09. The van der Waals surface area contributed by atoms with Gasteiger partial charge in [0.05, 0.1) is 7.11 Å². The molecule has 0 atom stereocenters. The smallest absolute Gasteiger partial charge is 0.227 e. The lowest BCUT2D eigenvalue weighted by atomic mass is 10.1. The van der Waals surface area contributed by atoms with Crippen molar-refractivity contribution in [3.63, 3.8) is 0 Å². The molecule has 96 valence electrons. The Balaban J connectivity index is 2.20. The minimum atomic E-state index is 0.604. The summed E-state index contributed by atoms with van der Waals surface area (Å²) in [6, 6.07) is 5.81. The number of aromatic nitrogens is 2. The SMILES string of the molecule is COc1ccc(-c2noc(CCCN)n2)cc1C. The number of ether oxygens (including phenoxy) is 1. The van der Waals surface area contributed by atoms with Crippen molar-refractivity contribution in [2.24, 2.45) is 5.73 Å². The lowest BCUT2D eigenvalue weighted by molar-refractivity contribution is 0.376. The molecule has 5 heteroatoms. The average molecular weight is 247 g/mol. The molecule has 1 heterocycles. The van der Waals surface area contributed by atoms with Crippen LogP contribution in [-0.4, -0.2) is 23.8 Å². The first-order valence-electron chi connectivity index (χ1n) is 5.92. The van der Waals surface area contributed by atoms with Crippen LogP contribution >= 0.6 is 0 Å². The lowest BCUT2D eigenvalue weighted by Crippen LogP contribution is -2.00. The van der Waals surface area contributed by atoms with Gasteiger partial charge < -0.3 is 15.0 Å². The van der Waals surface area contributed by atoms with E-state index in [9.17, 15) is 0 Å². The molecule has 0 aliphatic carbocycles. The molecule has 1 aromatic heterocycles. The fourth-order valence-electron chi connectivity index (χ4n) is 1.74. The molecule has 0 saturated heterocycles. The Hall–Kier alpha value is -1.88. The maximum absolute atomic E-state index is 5.44. The zero-order valence-corrected chi connectivity index (χ0v) is 10.6. The molecule has 0 unspecified atom stereocenters. The third-order valence-electron chi connectivity index (χ3n) is 2.72. The molecule has 0 aliphatic heterocycles. The normalized spacial score (nSPS) is 10.6. The Morgan fingerprint density at radius 3 is 2.89 bits per heavy atom. The van der Waals surface area contributed by atoms with Gasteiger partial charge in [-0.25, -0.2) is 0 Å². The first-order valence-corrected chi connectivity index (χ1v) is 5.92. The van der Waals surface area contributed by atoms with Crippen LogP contribution in [0, 0.1) is 6.92 Å². The highest BCUT2D eigenvalue weighted by molar-refractivity contribution is 5.58. The number of nitrogens with two attached hydrogens (primary N) is 1. The van der Waals surface area contributed by atoms with E-state index in [2.05, 4.69) is 10.1 Å². The van der Waals surface area contributed by atoms with E-state index in [0.717, 1.165) is 29.7 Å². The summed E-state index contributed by atoms with van der Waals surface area (Å²) < 4.78 is 10.4. The first kappa shape index (κ1) is 12.6. The van der Waals surface area contributed by atoms with Crippen molar-refractivity contribution in [1.82, 2.24) is 10.1 Å². The minimum Gasteiger partial charge on any atom is -0.496 e. The topological polar surface area (TPSA) is 74.2 Å². The second-order valence-electron chi connectivity index (χ2n) is 4.09. The summed E-state index contributed by atoms with van der Waals surface area (Å²) in [6.45, 7) is 2.61. The molecule has 2 aromatic rings. The fourth-order valence-corrected chi connectivity index (χ4v) is 1.74. The standard InChI is InChI=1S/C13H17N3O2/c1-9-8-10(5-6-11(9)17-2)13-15-12(18-16-13)4-3-7-14/h5-6,8H,3-4,7,14H2,1-2H3. The number of methoxy groups -OCH3 is 1. The number of hydrogen-bond acceptors (Lipinski definition) is 5. The Morgan fingerprint density at radius 1 is 1.39 bits per heavy atom. The van der Waals surface area contributed by atoms with Crippen LogP contribution in [0.25, 0.3) is 11.4 Å². The van der Waals surface area contributed by atoms with Gasteiger partial charge in [0.1, 0.15) is 5.75 Å². The molecule has 0 saturated carbocycles. The number of rotatable bonds is 5. The molecular weight excluding hydrogens is 230 g/mol. The van der Waals surface area contributed by atoms with Gasteiger partial charge in [-0.15, -0.1) is 0 Å². The second-order valence-corrected chi connectivity index (χ2v) is 4.09. The summed E-state index contributed by atoms with van der Waals surface area (Å²) in [4.78, 5) is 4.34. The Kier molecular flexibility index (Phi) is 3.94. The molecule has 18 heavy (non-hydrogen) atoms. The summed E-state index contributed by atoms with van der Waals surface area (Å²) >= 11 is 0. The molecule has 2 N–H and O–H groups in total.